The summed E-state index contributed by atoms with van der Waals surface area (Å²) < 4.78 is 4.87. The number of carbonyl (C=O) groups excluding carboxylic acids is 1. The molecule has 0 aromatic rings. The van der Waals surface area contributed by atoms with Crippen molar-refractivity contribution in [1.29, 1.82) is 0 Å². The van der Waals surface area contributed by atoms with Crippen LogP contribution in [0.15, 0.2) is 0 Å². The van der Waals surface area contributed by atoms with Gasteiger partial charge in [0.05, 0.1) is 6.54 Å². The Balaban J connectivity index is 3.85. The summed E-state index contributed by atoms with van der Waals surface area (Å²) in [4.78, 5) is 12.8. The summed E-state index contributed by atoms with van der Waals surface area (Å²) in [5, 5.41) is 0. The van der Waals surface area contributed by atoms with Crippen LogP contribution in [0, 0.1) is 11.8 Å². The topological polar surface area (TPSA) is 29.5 Å². The van der Waals surface area contributed by atoms with Gasteiger partial charge in [0.1, 0.15) is 0 Å². The maximum absolute atomic E-state index is 10.6. The van der Waals surface area contributed by atoms with E-state index < -0.39 is 0 Å². The summed E-state index contributed by atoms with van der Waals surface area (Å²) in [5.74, 6) is 5.59. The molecule has 0 bridgehead atoms. The van der Waals surface area contributed by atoms with E-state index in [2.05, 4.69) is 30.6 Å². The standard InChI is InChI=1S/C11H19NO2/c1-5-12(6-2)9-7-8-10(3)14-11(4)13/h10H,5-6,9H2,1-4H3. The highest BCUT2D eigenvalue weighted by atomic mass is 16.5. The Morgan fingerprint density at radius 2 is 2.00 bits per heavy atom. The molecule has 0 aromatic heterocycles. The van der Waals surface area contributed by atoms with Crippen molar-refractivity contribution in [3.8, 4) is 11.8 Å². The lowest BCUT2D eigenvalue weighted by molar-refractivity contribution is -0.143. The SMILES string of the molecule is CCN(CC)CC#CC(C)OC(C)=O. The third kappa shape index (κ3) is 6.50. The fraction of sp³-hybridized carbons (Fsp3) is 0.727. The summed E-state index contributed by atoms with van der Waals surface area (Å²) in [7, 11) is 0. The number of hydrogen-bond donors (Lipinski definition) is 0. The summed E-state index contributed by atoms with van der Waals surface area (Å²) in [6.07, 6.45) is -0.303. The minimum atomic E-state index is -0.303. The van der Waals surface area contributed by atoms with Crippen LogP contribution in [0.2, 0.25) is 0 Å². The first kappa shape index (κ1) is 13.0. The van der Waals surface area contributed by atoms with Crippen LogP contribution in [0.25, 0.3) is 0 Å². The normalized spacial score (nSPS) is 11.8. The van der Waals surface area contributed by atoms with Gasteiger partial charge >= 0.3 is 5.97 Å². The van der Waals surface area contributed by atoms with E-state index in [1.807, 2.05) is 0 Å². The predicted molar refractivity (Wildman–Crippen MR) is 56.8 cm³/mol. The van der Waals surface area contributed by atoms with Crippen LogP contribution in [-0.4, -0.2) is 36.6 Å². The van der Waals surface area contributed by atoms with Crippen molar-refractivity contribution in [2.75, 3.05) is 19.6 Å². The Bertz CT molecular complexity index is 223. The lowest BCUT2D eigenvalue weighted by atomic mass is 10.4. The molecule has 0 aliphatic heterocycles. The molecule has 0 saturated heterocycles. The van der Waals surface area contributed by atoms with E-state index >= 15 is 0 Å². The maximum Gasteiger partial charge on any atom is 0.303 e. The van der Waals surface area contributed by atoms with Crippen LogP contribution in [-0.2, 0) is 9.53 Å². The Hall–Kier alpha value is -1.01. The molecular weight excluding hydrogens is 178 g/mol. The molecule has 0 heterocycles. The van der Waals surface area contributed by atoms with Gasteiger partial charge in [-0.3, -0.25) is 9.69 Å². The number of hydrogen-bond acceptors (Lipinski definition) is 3. The highest BCUT2D eigenvalue weighted by Crippen LogP contribution is 1.89. The van der Waals surface area contributed by atoms with Gasteiger partial charge in [-0.1, -0.05) is 25.7 Å². The monoisotopic (exact) mass is 197 g/mol. The summed E-state index contributed by atoms with van der Waals surface area (Å²) in [6, 6.07) is 0. The smallest absolute Gasteiger partial charge is 0.303 e. The summed E-state index contributed by atoms with van der Waals surface area (Å²) in [5.41, 5.74) is 0. The predicted octanol–water partition coefficient (Wildman–Crippen LogP) is 1.28. The molecule has 0 saturated carbocycles. The van der Waals surface area contributed by atoms with Crippen LogP contribution < -0.4 is 0 Å². The van der Waals surface area contributed by atoms with Gasteiger partial charge in [0.2, 0.25) is 0 Å². The number of ether oxygens (including phenoxy) is 1. The van der Waals surface area contributed by atoms with E-state index in [9.17, 15) is 4.79 Å². The van der Waals surface area contributed by atoms with Gasteiger partial charge in [-0.25, -0.2) is 0 Å². The number of esters is 1. The van der Waals surface area contributed by atoms with Crippen molar-refractivity contribution in [1.82, 2.24) is 4.90 Å². The third-order valence-corrected chi connectivity index (χ3v) is 1.85. The first-order valence-corrected chi connectivity index (χ1v) is 4.98. The summed E-state index contributed by atoms with van der Waals surface area (Å²) >= 11 is 0. The average Bonchev–Trinajstić information content (AvgIpc) is 2.11. The molecule has 0 radical (unpaired) electrons. The average molecular weight is 197 g/mol. The molecule has 0 aliphatic rings. The molecule has 3 heteroatoms. The van der Waals surface area contributed by atoms with Crippen molar-refractivity contribution >= 4 is 5.97 Å². The molecule has 0 fully saturated rings. The third-order valence-electron chi connectivity index (χ3n) is 1.85. The molecule has 1 atom stereocenters. The minimum Gasteiger partial charge on any atom is -0.450 e. The fourth-order valence-corrected chi connectivity index (χ4v) is 1.03. The largest absolute Gasteiger partial charge is 0.450 e. The molecule has 0 N–H and O–H groups in total. The second kappa shape index (κ2) is 7.40. The first-order chi connectivity index (χ1) is 6.60. The van der Waals surface area contributed by atoms with Crippen molar-refractivity contribution in [3.05, 3.63) is 0 Å². The Morgan fingerprint density at radius 1 is 1.43 bits per heavy atom. The maximum atomic E-state index is 10.6. The van der Waals surface area contributed by atoms with Crippen LogP contribution in [0.4, 0.5) is 0 Å². The van der Waals surface area contributed by atoms with Crippen molar-refractivity contribution in [2.24, 2.45) is 0 Å². The van der Waals surface area contributed by atoms with Crippen LogP contribution in [0.1, 0.15) is 27.7 Å². The van der Waals surface area contributed by atoms with E-state index in [0.29, 0.717) is 0 Å². The number of rotatable bonds is 4. The lowest BCUT2D eigenvalue weighted by Crippen LogP contribution is -2.23. The van der Waals surface area contributed by atoms with Crippen molar-refractivity contribution in [3.63, 3.8) is 0 Å². The molecule has 0 aromatic carbocycles. The van der Waals surface area contributed by atoms with Crippen LogP contribution >= 0.6 is 0 Å². The highest BCUT2D eigenvalue weighted by Gasteiger charge is 1.99. The van der Waals surface area contributed by atoms with E-state index in [4.69, 9.17) is 4.74 Å². The van der Waals surface area contributed by atoms with E-state index in [1.165, 1.54) is 6.92 Å². The van der Waals surface area contributed by atoms with Gasteiger partial charge in [-0.05, 0) is 20.0 Å². The Morgan fingerprint density at radius 3 is 2.43 bits per heavy atom. The van der Waals surface area contributed by atoms with Crippen molar-refractivity contribution in [2.45, 2.75) is 33.8 Å². The van der Waals surface area contributed by atoms with E-state index in [-0.39, 0.29) is 12.1 Å². The minimum absolute atomic E-state index is 0.283. The lowest BCUT2D eigenvalue weighted by Gasteiger charge is -2.13. The van der Waals surface area contributed by atoms with E-state index in [0.717, 1.165) is 19.6 Å². The quantitative estimate of drug-likeness (QED) is 0.502. The molecule has 0 rings (SSSR count). The second-order valence-electron chi connectivity index (χ2n) is 3.03. The number of nitrogens with zero attached hydrogens (tertiary/aromatic N) is 1. The van der Waals surface area contributed by atoms with Crippen LogP contribution in [0.5, 0.6) is 0 Å². The van der Waals surface area contributed by atoms with E-state index in [1.54, 1.807) is 6.92 Å². The van der Waals surface area contributed by atoms with Gasteiger partial charge in [0, 0.05) is 6.92 Å². The van der Waals surface area contributed by atoms with Gasteiger partial charge in [0.15, 0.2) is 6.10 Å². The molecule has 1 unspecified atom stereocenters. The molecular formula is C11H19NO2. The molecule has 80 valence electrons. The molecule has 14 heavy (non-hydrogen) atoms. The summed E-state index contributed by atoms with van der Waals surface area (Å²) in [6.45, 7) is 10.1. The highest BCUT2D eigenvalue weighted by molar-refractivity contribution is 5.66. The van der Waals surface area contributed by atoms with Crippen LogP contribution in [0.3, 0.4) is 0 Å². The Labute approximate surface area is 86.4 Å². The van der Waals surface area contributed by atoms with Gasteiger partial charge < -0.3 is 4.74 Å². The van der Waals surface area contributed by atoms with Gasteiger partial charge in [-0.15, -0.1) is 0 Å². The Kier molecular flexibility index (Phi) is 6.87. The zero-order chi connectivity index (χ0) is 11.0. The van der Waals surface area contributed by atoms with Gasteiger partial charge in [0.25, 0.3) is 0 Å². The van der Waals surface area contributed by atoms with Gasteiger partial charge in [-0.2, -0.15) is 0 Å². The zero-order valence-electron chi connectivity index (χ0n) is 9.46. The number of carbonyl (C=O) groups is 1. The first-order valence-electron chi connectivity index (χ1n) is 4.98. The molecule has 3 nitrogen and oxygen atoms in total. The molecule has 0 aliphatic carbocycles. The fourth-order valence-electron chi connectivity index (χ4n) is 1.03. The zero-order valence-corrected chi connectivity index (χ0v) is 9.46. The molecule has 0 amide bonds. The second-order valence-corrected chi connectivity index (χ2v) is 3.03. The van der Waals surface area contributed by atoms with Crippen molar-refractivity contribution < 1.29 is 9.53 Å². The molecule has 0 spiro atoms.